The minimum atomic E-state index is -0.590. The molecule has 1 aromatic heterocycles. The van der Waals surface area contributed by atoms with Crippen LogP contribution in [0.2, 0.25) is 0 Å². The average molecular weight is 396 g/mol. The lowest BCUT2D eigenvalue weighted by molar-refractivity contribution is -0.122. The molecule has 2 aromatic rings. The Kier molecular flexibility index (Phi) is 6.14. The Morgan fingerprint density at radius 2 is 1.72 bits per heavy atom. The van der Waals surface area contributed by atoms with Gasteiger partial charge in [0, 0.05) is 46.8 Å². The Balaban J connectivity index is 1.61. The van der Waals surface area contributed by atoms with Crippen molar-refractivity contribution in [1.82, 2.24) is 19.4 Å². The lowest BCUT2D eigenvalue weighted by atomic mass is 10.2. The molecule has 1 fully saturated rings. The number of piperazine rings is 1. The molecule has 0 radical (unpaired) electrons. The maximum Gasteiger partial charge on any atom is 0.332 e. The van der Waals surface area contributed by atoms with E-state index in [-0.39, 0.29) is 18.0 Å². The van der Waals surface area contributed by atoms with E-state index in [1.807, 2.05) is 46.2 Å². The second-order valence-corrected chi connectivity index (χ2v) is 7.04. The first kappa shape index (κ1) is 20.4. The first-order chi connectivity index (χ1) is 13.9. The molecule has 29 heavy (non-hydrogen) atoms. The molecule has 0 aliphatic carbocycles. The van der Waals surface area contributed by atoms with Crippen LogP contribution >= 0.6 is 0 Å². The molecule has 9 heteroatoms. The van der Waals surface area contributed by atoms with Gasteiger partial charge in [-0.2, -0.15) is 5.26 Å². The van der Waals surface area contributed by atoms with Crippen LogP contribution < -0.4 is 21.5 Å². The van der Waals surface area contributed by atoms with Crippen molar-refractivity contribution in [3.05, 3.63) is 62.3 Å². The molecule has 1 amide bonds. The molecule has 0 bridgehead atoms. The molecule has 2 heterocycles. The van der Waals surface area contributed by atoms with Crippen molar-refractivity contribution in [2.24, 2.45) is 14.1 Å². The minimum absolute atomic E-state index is 0.0383. The van der Waals surface area contributed by atoms with Crippen molar-refractivity contribution in [3.8, 4) is 6.07 Å². The van der Waals surface area contributed by atoms with Gasteiger partial charge in [0.2, 0.25) is 5.91 Å². The van der Waals surface area contributed by atoms with E-state index in [2.05, 4.69) is 5.32 Å². The number of nitriles is 1. The highest BCUT2D eigenvalue weighted by atomic mass is 16.2. The van der Waals surface area contributed by atoms with E-state index in [4.69, 9.17) is 0 Å². The SMILES string of the molecule is Cn1c(N2CCN(CC(=O)NCc3ccccc3)CC2)c(C#N)c(=O)n(C)c1=O. The molecule has 152 valence electrons. The van der Waals surface area contributed by atoms with Gasteiger partial charge in [-0.1, -0.05) is 30.3 Å². The van der Waals surface area contributed by atoms with Crippen LogP contribution in [0.3, 0.4) is 0 Å². The van der Waals surface area contributed by atoms with Crippen molar-refractivity contribution in [1.29, 1.82) is 5.26 Å². The Morgan fingerprint density at radius 1 is 1.07 bits per heavy atom. The zero-order valence-electron chi connectivity index (χ0n) is 16.6. The molecule has 1 aliphatic rings. The molecule has 0 spiro atoms. The summed E-state index contributed by atoms with van der Waals surface area (Å²) in [6.07, 6.45) is 0. The predicted octanol–water partition coefficient (Wildman–Crippen LogP) is -0.606. The van der Waals surface area contributed by atoms with E-state index in [0.29, 0.717) is 38.5 Å². The number of hydrogen-bond donors (Lipinski definition) is 1. The highest BCUT2D eigenvalue weighted by Crippen LogP contribution is 2.16. The van der Waals surface area contributed by atoms with Gasteiger partial charge < -0.3 is 10.2 Å². The Hall–Kier alpha value is -3.38. The lowest BCUT2D eigenvalue weighted by Gasteiger charge is -2.36. The standard InChI is InChI=1S/C20H24N6O3/c1-23-18(16(12-21)19(28)24(2)20(23)29)26-10-8-25(9-11-26)14-17(27)22-13-15-6-4-3-5-7-15/h3-7H,8-11,13-14H2,1-2H3,(H,22,27). The van der Waals surface area contributed by atoms with Gasteiger partial charge in [-0.3, -0.25) is 23.6 Å². The second-order valence-electron chi connectivity index (χ2n) is 7.04. The van der Waals surface area contributed by atoms with Crippen LogP contribution in [0, 0.1) is 11.3 Å². The maximum absolute atomic E-state index is 12.3. The molecule has 0 saturated carbocycles. The zero-order chi connectivity index (χ0) is 21.0. The highest BCUT2D eigenvalue weighted by molar-refractivity contribution is 5.78. The molecule has 1 aliphatic heterocycles. The second kappa shape index (κ2) is 8.75. The number of nitrogens with zero attached hydrogens (tertiary/aromatic N) is 5. The van der Waals surface area contributed by atoms with E-state index in [1.54, 1.807) is 7.05 Å². The Labute approximate surface area is 168 Å². The van der Waals surface area contributed by atoms with Gasteiger partial charge in [0.05, 0.1) is 6.54 Å². The molecular weight excluding hydrogens is 372 g/mol. The summed E-state index contributed by atoms with van der Waals surface area (Å²) >= 11 is 0. The van der Waals surface area contributed by atoms with E-state index >= 15 is 0 Å². The number of carbonyl (C=O) groups is 1. The topological polar surface area (TPSA) is 103 Å². The van der Waals surface area contributed by atoms with Crippen molar-refractivity contribution in [2.75, 3.05) is 37.6 Å². The summed E-state index contributed by atoms with van der Waals surface area (Å²) in [5.41, 5.74) is -0.0510. The van der Waals surface area contributed by atoms with E-state index in [1.165, 1.54) is 11.6 Å². The fourth-order valence-electron chi connectivity index (χ4n) is 3.47. The first-order valence-electron chi connectivity index (χ1n) is 9.40. The van der Waals surface area contributed by atoms with Crippen LogP contribution in [-0.4, -0.2) is 52.7 Å². The van der Waals surface area contributed by atoms with Crippen LogP contribution in [0.1, 0.15) is 11.1 Å². The summed E-state index contributed by atoms with van der Waals surface area (Å²) in [7, 11) is 2.92. The van der Waals surface area contributed by atoms with Gasteiger partial charge >= 0.3 is 5.69 Å². The third-order valence-electron chi connectivity index (χ3n) is 5.12. The van der Waals surface area contributed by atoms with E-state index in [0.717, 1.165) is 10.1 Å². The van der Waals surface area contributed by atoms with Crippen molar-refractivity contribution < 1.29 is 4.79 Å². The number of hydrogen-bond acceptors (Lipinski definition) is 6. The fraction of sp³-hybridized carbons (Fsp3) is 0.400. The summed E-state index contributed by atoms with van der Waals surface area (Å²) in [6, 6.07) is 11.6. The molecule has 1 aromatic carbocycles. The molecule has 0 atom stereocenters. The Bertz CT molecular complexity index is 1040. The van der Waals surface area contributed by atoms with Crippen LogP contribution in [0.25, 0.3) is 0 Å². The summed E-state index contributed by atoms with van der Waals surface area (Å²) in [4.78, 5) is 40.6. The Morgan fingerprint density at radius 3 is 2.34 bits per heavy atom. The minimum Gasteiger partial charge on any atom is -0.354 e. The third kappa shape index (κ3) is 4.38. The van der Waals surface area contributed by atoms with Gasteiger partial charge in [0.15, 0.2) is 5.56 Å². The van der Waals surface area contributed by atoms with Crippen LogP contribution in [0.4, 0.5) is 5.82 Å². The van der Waals surface area contributed by atoms with Crippen LogP contribution in [0.15, 0.2) is 39.9 Å². The van der Waals surface area contributed by atoms with Gasteiger partial charge in [0.1, 0.15) is 11.9 Å². The quantitative estimate of drug-likeness (QED) is 0.724. The summed E-state index contributed by atoms with van der Waals surface area (Å²) in [5, 5.41) is 12.3. The predicted molar refractivity (Wildman–Crippen MR) is 109 cm³/mol. The smallest absolute Gasteiger partial charge is 0.332 e. The maximum atomic E-state index is 12.3. The molecule has 9 nitrogen and oxygen atoms in total. The van der Waals surface area contributed by atoms with Crippen molar-refractivity contribution in [3.63, 3.8) is 0 Å². The number of aromatic nitrogens is 2. The summed E-state index contributed by atoms with van der Waals surface area (Å²) in [5.74, 6) is 0.287. The van der Waals surface area contributed by atoms with Crippen molar-refractivity contribution in [2.45, 2.75) is 6.54 Å². The van der Waals surface area contributed by atoms with Crippen LogP contribution in [-0.2, 0) is 25.4 Å². The third-order valence-corrected chi connectivity index (χ3v) is 5.12. The molecule has 1 saturated heterocycles. The average Bonchev–Trinajstić information content (AvgIpc) is 2.74. The number of rotatable bonds is 5. The highest BCUT2D eigenvalue weighted by Gasteiger charge is 2.25. The first-order valence-corrected chi connectivity index (χ1v) is 9.40. The van der Waals surface area contributed by atoms with Gasteiger partial charge in [-0.15, -0.1) is 0 Å². The van der Waals surface area contributed by atoms with E-state index in [9.17, 15) is 19.6 Å². The number of benzene rings is 1. The molecule has 1 N–H and O–H groups in total. The van der Waals surface area contributed by atoms with Crippen LogP contribution in [0.5, 0.6) is 0 Å². The molecule has 3 rings (SSSR count). The van der Waals surface area contributed by atoms with Gasteiger partial charge in [-0.05, 0) is 5.56 Å². The van der Waals surface area contributed by atoms with E-state index < -0.39 is 11.2 Å². The summed E-state index contributed by atoms with van der Waals surface area (Å²) in [6.45, 7) is 2.98. The zero-order valence-corrected chi connectivity index (χ0v) is 16.6. The fourth-order valence-corrected chi connectivity index (χ4v) is 3.47. The summed E-state index contributed by atoms with van der Waals surface area (Å²) < 4.78 is 2.28. The number of nitrogens with one attached hydrogen (secondary N) is 1. The normalized spacial score (nSPS) is 14.4. The largest absolute Gasteiger partial charge is 0.354 e. The lowest BCUT2D eigenvalue weighted by Crippen LogP contribution is -2.52. The molecule has 0 unspecified atom stereocenters. The number of amides is 1. The van der Waals surface area contributed by atoms with Gasteiger partial charge in [0.25, 0.3) is 5.56 Å². The number of carbonyl (C=O) groups excluding carboxylic acids is 1. The monoisotopic (exact) mass is 396 g/mol. The van der Waals surface area contributed by atoms with Crippen molar-refractivity contribution >= 4 is 11.7 Å². The number of anilines is 1. The molecular formula is C20H24N6O3. The van der Waals surface area contributed by atoms with Gasteiger partial charge in [-0.25, -0.2) is 4.79 Å².